The molecule has 1 N–H and O–H groups in total. The zero-order valence-corrected chi connectivity index (χ0v) is 16.1. The molecule has 7 nitrogen and oxygen atoms in total. The van der Waals surface area contributed by atoms with Crippen LogP contribution in [-0.2, 0) is 11.3 Å². The SMILES string of the molecule is COc1ccccc1C(C)NC(=O)CSc1nnnn1Cc1cccs1. The Balaban J connectivity index is 1.55. The molecule has 3 rings (SSSR count). The quantitative estimate of drug-likeness (QED) is 0.597. The van der Waals surface area contributed by atoms with Crippen molar-refractivity contribution in [2.75, 3.05) is 12.9 Å². The molecule has 0 aliphatic carbocycles. The van der Waals surface area contributed by atoms with Crippen LogP contribution in [0.3, 0.4) is 0 Å². The molecular formula is C17H19N5O2S2. The molecule has 3 aromatic rings. The summed E-state index contributed by atoms with van der Waals surface area (Å²) in [5.41, 5.74) is 0.941. The summed E-state index contributed by atoms with van der Waals surface area (Å²) in [6.45, 7) is 2.54. The van der Waals surface area contributed by atoms with E-state index in [-0.39, 0.29) is 17.7 Å². The van der Waals surface area contributed by atoms with Gasteiger partial charge in [0, 0.05) is 10.4 Å². The van der Waals surface area contributed by atoms with E-state index in [4.69, 9.17) is 4.74 Å². The fourth-order valence-electron chi connectivity index (χ4n) is 2.46. The van der Waals surface area contributed by atoms with E-state index in [2.05, 4.69) is 20.8 Å². The zero-order valence-electron chi connectivity index (χ0n) is 14.5. The molecule has 0 fully saturated rings. The Bertz CT molecular complexity index is 850. The van der Waals surface area contributed by atoms with Crippen molar-refractivity contribution >= 4 is 29.0 Å². The standard InChI is InChI=1S/C17H19N5O2S2/c1-12(14-7-3-4-8-15(14)24-2)18-16(23)11-26-17-19-20-21-22(17)10-13-6-5-9-25-13/h3-9,12H,10-11H2,1-2H3,(H,18,23). The van der Waals surface area contributed by atoms with Crippen molar-refractivity contribution in [1.82, 2.24) is 25.5 Å². The van der Waals surface area contributed by atoms with Crippen molar-refractivity contribution < 1.29 is 9.53 Å². The van der Waals surface area contributed by atoms with E-state index in [0.29, 0.717) is 11.7 Å². The molecule has 1 atom stereocenters. The molecule has 0 spiro atoms. The smallest absolute Gasteiger partial charge is 0.230 e. The first-order valence-electron chi connectivity index (χ1n) is 8.01. The number of ether oxygens (including phenoxy) is 1. The van der Waals surface area contributed by atoms with Gasteiger partial charge in [-0.05, 0) is 34.9 Å². The normalized spacial score (nSPS) is 11.9. The summed E-state index contributed by atoms with van der Waals surface area (Å²) in [5.74, 6) is 0.913. The van der Waals surface area contributed by atoms with Gasteiger partial charge in [0.25, 0.3) is 0 Å². The number of para-hydroxylation sites is 1. The molecule has 1 unspecified atom stereocenters. The summed E-state index contributed by atoms with van der Waals surface area (Å²) in [5, 5.41) is 17.3. The van der Waals surface area contributed by atoms with Gasteiger partial charge < -0.3 is 10.1 Å². The van der Waals surface area contributed by atoms with Crippen LogP contribution in [0, 0.1) is 0 Å². The topological polar surface area (TPSA) is 81.9 Å². The van der Waals surface area contributed by atoms with Gasteiger partial charge in [0.1, 0.15) is 5.75 Å². The number of hydrogen-bond acceptors (Lipinski definition) is 7. The second-order valence-corrected chi connectivity index (χ2v) is 7.49. The van der Waals surface area contributed by atoms with Crippen molar-refractivity contribution in [3.8, 4) is 5.75 Å². The van der Waals surface area contributed by atoms with Crippen molar-refractivity contribution in [3.05, 3.63) is 52.2 Å². The Morgan fingerprint density at radius 1 is 1.35 bits per heavy atom. The number of carbonyl (C=O) groups excluding carboxylic acids is 1. The molecule has 9 heteroatoms. The van der Waals surface area contributed by atoms with Gasteiger partial charge in [0.15, 0.2) is 0 Å². The van der Waals surface area contributed by atoms with Crippen LogP contribution in [0.5, 0.6) is 5.75 Å². The first-order valence-corrected chi connectivity index (χ1v) is 9.87. The predicted octanol–water partition coefficient (Wildman–Crippen LogP) is 2.76. The van der Waals surface area contributed by atoms with Crippen molar-refractivity contribution in [2.24, 2.45) is 0 Å². The van der Waals surface area contributed by atoms with Gasteiger partial charge in [-0.3, -0.25) is 4.79 Å². The van der Waals surface area contributed by atoms with Crippen LogP contribution >= 0.6 is 23.1 Å². The maximum Gasteiger partial charge on any atom is 0.230 e. The average Bonchev–Trinajstić information content (AvgIpc) is 3.32. The van der Waals surface area contributed by atoms with Crippen LogP contribution in [0.4, 0.5) is 0 Å². The van der Waals surface area contributed by atoms with Crippen molar-refractivity contribution in [2.45, 2.75) is 24.7 Å². The molecular weight excluding hydrogens is 370 g/mol. The number of methoxy groups -OCH3 is 1. The third-order valence-corrected chi connectivity index (χ3v) is 5.52. The lowest BCUT2D eigenvalue weighted by Crippen LogP contribution is -2.28. The van der Waals surface area contributed by atoms with Crippen LogP contribution in [0.15, 0.2) is 46.9 Å². The highest BCUT2D eigenvalue weighted by Gasteiger charge is 2.15. The lowest BCUT2D eigenvalue weighted by molar-refractivity contribution is -0.119. The summed E-state index contributed by atoms with van der Waals surface area (Å²) < 4.78 is 7.05. The molecule has 2 heterocycles. The first-order chi connectivity index (χ1) is 12.7. The predicted molar refractivity (Wildman–Crippen MR) is 102 cm³/mol. The minimum Gasteiger partial charge on any atom is -0.496 e. The van der Waals surface area contributed by atoms with Gasteiger partial charge in [-0.1, -0.05) is 36.0 Å². The molecule has 0 radical (unpaired) electrons. The molecule has 0 bridgehead atoms. The fraction of sp³-hybridized carbons (Fsp3) is 0.294. The van der Waals surface area contributed by atoms with E-state index in [9.17, 15) is 4.79 Å². The highest BCUT2D eigenvalue weighted by Crippen LogP contribution is 2.24. The van der Waals surface area contributed by atoms with E-state index in [0.717, 1.165) is 16.2 Å². The third-order valence-electron chi connectivity index (χ3n) is 3.70. The maximum absolute atomic E-state index is 12.3. The number of nitrogens with zero attached hydrogens (tertiary/aromatic N) is 4. The molecule has 0 saturated carbocycles. The van der Waals surface area contributed by atoms with E-state index in [1.54, 1.807) is 23.1 Å². The van der Waals surface area contributed by atoms with Crippen LogP contribution < -0.4 is 10.1 Å². The highest BCUT2D eigenvalue weighted by molar-refractivity contribution is 7.99. The number of aromatic nitrogens is 4. The lowest BCUT2D eigenvalue weighted by Gasteiger charge is -2.17. The minimum absolute atomic E-state index is 0.0842. The Morgan fingerprint density at radius 2 is 2.19 bits per heavy atom. The Kier molecular flexibility index (Phi) is 6.24. The van der Waals surface area contributed by atoms with E-state index < -0.39 is 0 Å². The van der Waals surface area contributed by atoms with E-state index >= 15 is 0 Å². The number of thiophene rings is 1. The summed E-state index contributed by atoms with van der Waals surface area (Å²) in [4.78, 5) is 13.5. The lowest BCUT2D eigenvalue weighted by atomic mass is 10.1. The summed E-state index contributed by atoms with van der Waals surface area (Å²) in [6.07, 6.45) is 0. The zero-order chi connectivity index (χ0) is 18.4. The minimum atomic E-state index is -0.152. The van der Waals surface area contributed by atoms with E-state index in [1.807, 2.05) is 48.7 Å². The third kappa shape index (κ3) is 4.61. The molecule has 1 aromatic carbocycles. The monoisotopic (exact) mass is 389 g/mol. The molecule has 26 heavy (non-hydrogen) atoms. The summed E-state index contributed by atoms with van der Waals surface area (Å²) >= 11 is 2.97. The number of hydrogen-bond donors (Lipinski definition) is 1. The van der Waals surface area contributed by atoms with Gasteiger partial charge in [-0.2, -0.15) is 0 Å². The van der Waals surface area contributed by atoms with Gasteiger partial charge >= 0.3 is 0 Å². The first kappa shape index (κ1) is 18.4. The van der Waals surface area contributed by atoms with Gasteiger partial charge in [-0.15, -0.1) is 16.4 Å². The molecule has 0 aliphatic heterocycles. The number of thioether (sulfide) groups is 1. The number of benzene rings is 1. The number of carbonyl (C=O) groups is 1. The second kappa shape index (κ2) is 8.81. The largest absolute Gasteiger partial charge is 0.496 e. The maximum atomic E-state index is 12.3. The highest BCUT2D eigenvalue weighted by atomic mass is 32.2. The van der Waals surface area contributed by atoms with Crippen molar-refractivity contribution in [1.29, 1.82) is 0 Å². The molecule has 136 valence electrons. The Labute approximate surface area is 159 Å². The Hall–Kier alpha value is -2.39. The van der Waals surface area contributed by atoms with Crippen molar-refractivity contribution in [3.63, 3.8) is 0 Å². The summed E-state index contributed by atoms with van der Waals surface area (Å²) in [6, 6.07) is 11.5. The number of tetrazole rings is 1. The van der Waals surface area contributed by atoms with Crippen LogP contribution in [0.2, 0.25) is 0 Å². The average molecular weight is 390 g/mol. The molecule has 2 aromatic heterocycles. The van der Waals surface area contributed by atoms with Gasteiger partial charge in [0.2, 0.25) is 11.1 Å². The van der Waals surface area contributed by atoms with Crippen LogP contribution in [-0.4, -0.2) is 39.0 Å². The number of amides is 1. The second-order valence-electron chi connectivity index (χ2n) is 5.52. The van der Waals surface area contributed by atoms with Gasteiger partial charge in [0.05, 0.1) is 25.4 Å². The summed E-state index contributed by atoms with van der Waals surface area (Å²) in [7, 11) is 1.62. The van der Waals surface area contributed by atoms with E-state index in [1.165, 1.54) is 11.8 Å². The molecule has 0 saturated heterocycles. The molecule has 0 aliphatic rings. The van der Waals surface area contributed by atoms with Gasteiger partial charge in [-0.25, -0.2) is 4.68 Å². The molecule has 1 amide bonds. The Morgan fingerprint density at radius 3 is 2.96 bits per heavy atom. The van der Waals surface area contributed by atoms with Crippen LogP contribution in [0.25, 0.3) is 0 Å². The number of rotatable bonds is 8. The van der Waals surface area contributed by atoms with Crippen LogP contribution in [0.1, 0.15) is 23.4 Å². The number of nitrogens with one attached hydrogen (secondary N) is 1. The fourth-order valence-corrected chi connectivity index (χ4v) is 3.84.